The molecule has 5 nitrogen and oxygen atoms in total. The maximum atomic E-state index is 11.7. The monoisotopic (exact) mass is 376 g/mol. The van der Waals surface area contributed by atoms with Crippen molar-refractivity contribution >= 4 is 37.8 Å². The van der Waals surface area contributed by atoms with E-state index in [1.165, 1.54) is 6.08 Å². The minimum Gasteiger partial charge on any atom is -0.492 e. The SMILES string of the molecule is CC(C)S(=O)(=O)CCOc1ccc(Br)cc1/C=C/C(=O)O. The van der Waals surface area contributed by atoms with Gasteiger partial charge in [-0.05, 0) is 38.1 Å². The second kappa shape index (κ2) is 7.61. The van der Waals surface area contributed by atoms with Crippen molar-refractivity contribution in [3.05, 3.63) is 34.3 Å². The van der Waals surface area contributed by atoms with Gasteiger partial charge in [-0.25, -0.2) is 13.2 Å². The van der Waals surface area contributed by atoms with Gasteiger partial charge in [0.05, 0.1) is 11.0 Å². The fraction of sp³-hybridized carbons (Fsp3) is 0.357. The Hall–Kier alpha value is -1.34. The molecule has 0 unspecified atom stereocenters. The van der Waals surface area contributed by atoms with E-state index in [1.54, 1.807) is 32.0 Å². The molecule has 0 atom stereocenters. The molecule has 116 valence electrons. The van der Waals surface area contributed by atoms with Crippen LogP contribution in [0.15, 0.2) is 28.7 Å². The van der Waals surface area contributed by atoms with Crippen molar-refractivity contribution in [2.45, 2.75) is 19.1 Å². The minimum absolute atomic E-state index is 0.0239. The standard InChI is InChI=1S/C14H17BrO5S/c1-10(2)21(18,19)8-7-20-13-5-4-12(15)9-11(13)3-6-14(16)17/h3-6,9-10H,7-8H2,1-2H3,(H,16,17)/b6-3+. The van der Waals surface area contributed by atoms with Gasteiger partial charge in [-0.3, -0.25) is 0 Å². The Morgan fingerprint density at radius 1 is 1.43 bits per heavy atom. The Morgan fingerprint density at radius 2 is 2.10 bits per heavy atom. The Kier molecular flexibility index (Phi) is 6.42. The van der Waals surface area contributed by atoms with Crippen molar-refractivity contribution in [1.29, 1.82) is 0 Å². The van der Waals surface area contributed by atoms with Gasteiger partial charge in [0.15, 0.2) is 9.84 Å². The summed E-state index contributed by atoms with van der Waals surface area (Å²) in [6.07, 6.45) is 2.40. The number of aliphatic carboxylic acids is 1. The molecule has 0 amide bonds. The molecule has 1 aromatic rings. The van der Waals surface area contributed by atoms with Crippen LogP contribution >= 0.6 is 15.9 Å². The zero-order valence-electron chi connectivity index (χ0n) is 11.7. The van der Waals surface area contributed by atoms with Crippen LogP contribution in [-0.4, -0.2) is 37.1 Å². The molecular formula is C14H17BrO5S. The highest BCUT2D eigenvalue weighted by Crippen LogP contribution is 2.24. The Balaban J connectivity index is 2.82. The molecule has 7 heteroatoms. The van der Waals surface area contributed by atoms with E-state index in [9.17, 15) is 13.2 Å². The molecule has 0 saturated heterocycles. The van der Waals surface area contributed by atoms with Gasteiger partial charge < -0.3 is 9.84 Å². The third kappa shape index (κ3) is 5.89. The van der Waals surface area contributed by atoms with Crippen molar-refractivity contribution in [2.24, 2.45) is 0 Å². The molecule has 1 aromatic carbocycles. The second-order valence-corrected chi connectivity index (χ2v) is 8.21. The van der Waals surface area contributed by atoms with Crippen LogP contribution < -0.4 is 4.74 Å². The molecule has 0 aliphatic carbocycles. The number of hydrogen-bond acceptors (Lipinski definition) is 4. The van der Waals surface area contributed by atoms with Crippen LogP contribution in [0, 0.1) is 0 Å². The number of hydrogen-bond donors (Lipinski definition) is 1. The van der Waals surface area contributed by atoms with E-state index in [1.807, 2.05) is 0 Å². The number of sulfone groups is 1. The van der Waals surface area contributed by atoms with Gasteiger partial charge >= 0.3 is 5.97 Å². The number of carbonyl (C=O) groups is 1. The molecule has 0 heterocycles. The van der Waals surface area contributed by atoms with Gasteiger partial charge in [0.2, 0.25) is 0 Å². The smallest absolute Gasteiger partial charge is 0.328 e. The first-order chi connectivity index (χ1) is 9.72. The van der Waals surface area contributed by atoms with Crippen LogP contribution in [0.5, 0.6) is 5.75 Å². The molecule has 0 bridgehead atoms. The molecule has 0 aromatic heterocycles. The van der Waals surface area contributed by atoms with Gasteiger partial charge in [-0.1, -0.05) is 15.9 Å². The number of halogens is 1. The molecule has 0 spiro atoms. The summed E-state index contributed by atoms with van der Waals surface area (Å²) < 4.78 is 29.6. The minimum atomic E-state index is -3.16. The average Bonchev–Trinajstić information content (AvgIpc) is 2.38. The van der Waals surface area contributed by atoms with Crippen molar-refractivity contribution in [2.75, 3.05) is 12.4 Å². The maximum absolute atomic E-state index is 11.7. The predicted molar refractivity (Wildman–Crippen MR) is 85.2 cm³/mol. The Morgan fingerprint density at radius 3 is 2.67 bits per heavy atom. The largest absolute Gasteiger partial charge is 0.492 e. The summed E-state index contributed by atoms with van der Waals surface area (Å²) >= 11 is 3.29. The second-order valence-electron chi connectivity index (χ2n) is 4.62. The quantitative estimate of drug-likeness (QED) is 0.739. The van der Waals surface area contributed by atoms with Crippen LogP contribution in [0.25, 0.3) is 6.08 Å². The van der Waals surface area contributed by atoms with Crippen LogP contribution in [0.2, 0.25) is 0 Å². The molecule has 0 aliphatic rings. The van der Waals surface area contributed by atoms with E-state index in [4.69, 9.17) is 9.84 Å². The van der Waals surface area contributed by atoms with Crippen molar-refractivity contribution in [3.8, 4) is 5.75 Å². The van der Waals surface area contributed by atoms with Crippen molar-refractivity contribution in [1.82, 2.24) is 0 Å². The van der Waals surface area contributed by atoms with Crippen LogP contribution in [-0.2, 0) is 14.6 Å². The number of benzene rings is 1. The summed E-state index contributed by atoms with van der Waals surface area (Å²) in [5.41, 5.74) is 0.564. The first kappa shape index (κ1) is 17.7. The van der Waals surface area contributed by atoms with Gasteiger partial charge in [0, 0.05) is 16.1 Å². The van der Waals surface area contributed by atoms with E-state index in [2.05, 4.69) is 15.9 Å². The summed E-state index contributed by atoms with van der Waals surface area (Å²) in [6, 6.07) is 5.10. The summed E-state index contributed by atoms with van der Waals surface area (Å²) in [5.74, 6) is -0.707. The van der Waals surface area contributed by atoms with Crippen LogP contribution in [0.4, 0.5) is 0 Å². The molecule has 1 N–H and O–H groups in total. The lowest BCUT2D eigenvalue weighted by molar-refractivity contribution is -0.131. The van der Waals surface area contributed by atoms with E-state index in [0.29, 0.717) is 11.3 Å². The number of ether oxygens (including phenoxy) is 1. The van der Waals surface area contributed by atoms with Gasteiger partial charge in [-0.15, -0.1) is 0 Å². The Bertz CT molecular complexity index is 635. The number of carboxylic acid groups (broad SMARTS) is 1. The lowest BCUT2D eigenvalue weighted by Gasteiger charge is -2.11. The zero-order chi connectivity index (χ0) is 16.0. The molecule has 0 saturated carbocycles. The van der Waals surface area contributed by atoms with Crippen LogP contribution in [0.1, 0.15) is 19.4 Å². The van der Waals surface area contributed by atoms with Crippen LogP contribution in [0.3, 0.4) is 0 Å². The molecule has 1 rings (SSSR count). The van der Waals surface area contributed by atoms with Gasteiger partial charge in [0.25, 0.3) is 0 Å². The summed E-state index contributed by atoms with van der Waals surface area (Å²) in [7, 11) is -3.16. The normalized spacial score (nSPS) is 12.0. The number of rotatable bonds is 7. The third-order valence-corrected chi connectivity index (χ3v) is 5.39. The molecular weight excluding hydrogens is 360 g/mol. The molecule has 0 fully saturated rings. The highest BCUT2D eigenvalue weighted by Gasteiger charge is 2.16. The predicted octanol–water partition coefficient (Wildman–Crippen LogP) is 2.75. The van der Waals surface area contributed by atoms with Crippen molar-refractivity contribution in [3.63, 3.8) is 0 Å². The Labute approximate surface area is 132 Å². The lowest BCUT2D eigenvalue weighted by atomic mass is 10.2. The van der Waals surface area contributed by atoms with E-state index in [0.717, 1.165) is 10.5 Å². The highest BCUT2D eigenvalue weighted by molar-refractivity contribution is 9.10. The summed E-state index contributed by atoms with van der Waals surface area (Å²) in [6.45, 7) is 3.27. The van der Waals surface area contributed by atoms with Gasteiger partial charge in [-0.2, -0.15) is 0 Å². The first-order valence-corrected chi connectivity index (χ1v) is 8.78. The topological polar surface area (TPSA) is 80.7 Å². The van der Waals surface area contributed by atoms with E-state index in [-0.39, 0.29) is 12.4 Å². The molecule has 0 aliphatic heterocycles. The van der Waals surface area contributed by atoms with Crippen molar-refractivity contribution < 1.29 is 23.1 Å². The average molecular weight is 377 g/mol. The third-order valence-electron chi connectivity index (χ3n) is 2.72. The zero-order valence-corrected chi connectivity index (χ0v) is 14.1. The first-order valence-electron chi connectivity index (χ1n) is 6.27. The van der Waals surface area contributed by atoms with E-state index < -0.39 is 21.1 Å². The lowest BCUT2D eigenvalue weighted by Crippen LogP contribution is -2.22. The molecule has 0 radical (unpaired) electrons. The summed E-state index contributed by atoms with van der Waals surface area (Å²) in [4.78, 5) is 10.6. The molecule has 21 heavy (non-hydrogen) atoms. The number of carboxylic acids is 1. The maximum Gasteiger partial charge on any atom is 0.328 e. The highest BCUT2D eigenvalue weighted by atomic mass is 79.9. The van der Waals surface area contributed by atoms with E-state index >= 15 is 0 Å². The summed E-state index contributed by atoms with van der Waals surface area (Å²) in [5, 5.41) is 8.21. The van der Waals surface area contributed by atoms with Gasteiger partial charge in [0.1, 0.15) is 12.4 Å². The fourth-order valence-corrected chi connectivity index (χ4v) is 2.61. The fourth-order valence-electron chi connectivity index (χ4n) is 1.45.